The summed E-state index contributed by atoms with van der Waals surface area (Å²) in [6.45, 7) is 1.59. The fourth-order valence-electron chi connectivity index (χ4n) is 1.69. The van der Waals surface area contributed by atoms with Crippen LogP contribution in [-0.4, -0.2) is 36.2 Å². The molecule has 0 aliphatic carbocycles. The van der Waals surface area contributed by atoms with Gasteiger partial charge >= 0.3 is 5.97 Å². The average Bonchev–Trinajstić information content (AvgIpc) is 2.91. The lowest BCUT2D eigenvalue weighted by Crippen LogP contribution is -2.29. The van der Waals surface area contributed by atoms with Crippen LogP contribution in [0.5, 0.6) is 0 Å². The van der Waals surface area contributed by atoms with Crippen LogP contribution < -0.4 is 4.90 Å². The number of hydrogen-bond donors (Lipinski definition) is 0. The first-order valence-electron chi connectivity index (χ1n) is 5.80. The van der Waals surface area contributed by atoms with Gasteiger partial charge in [-0.2, -0.15) is 4.98 Å². The van der Waals surface area contributed by atoms with E-state index in [1.165, 1.54) is 19.1 Å². The molecule has 0 N–H and O–H groups in total. The van der Waals surface area contributed by atoms with Gasteiger partial charge in [0.2, 0.25) is 5.89 Å². The zero-order chi connectivity index (χ0) is 14.7. The maximum Gasteiger partial charge on any atom is 0.339 e. The number of nitrogens with zero attached hydrogens (tertiary/aromatic N) is 3. The second kappa shape index (κ2) is 5.52. The quantitative estimate of drug-likeness (QED) is 0.788. The molecule has 0 aliphatic heterocycles. The molecule has 1 heterocycles. The maximum atomic E-state index is 12.2. The molecule has 2 aromatic rings. The Morgan fingerprint density at radius 1 is 1.30 bits per heavy atom. The predicted octanol–water partition coefficient (Wildman–Crippen LogP) is 1.44. The number of aryl methyl sites for hydroxylation is 1. The maximum absolute atomic E-state index is 12.2. The fraction of sp³-hybridized carbons (Fsp3) is 0.231. The second-order valence-corrected chi connectivity index (χ2v) is 4.01. The summed E-state index contributed by atoms with van der Waals surface area (Å²) in [6, 6.07) is 6.61. The van der Waals surface area contributed by atoms with E-state index in [2.05, 4.69) is 14.9 Å². The number of esters is 1. The Kier molecular flexibility index (Phi) is 3.79. The van der Waals surface area contributed by atoms with Gasteiger partial charge in [0.15, 0.2) is 0 Å². The van der Waals surface area contributed by atoms with Crippen molar-refractivity contribution in [2.24, 2.45) is 0 Å². The summed E-state index contributed by atoms with van der Waals surface area (Å²) >= 11 is 0. The van der Waals surface area contributed by atoms with Gasteiger partial charge in [-0.25, -0.2) is 4.79 Å². The molecular formula is C13H13N3O4. The Morgan fingerprint density at radius 2 is 2.00 bits per heavy atom. The van der Waals surface area contributed by atoms with E-state index in [-0.39, 0.29) is 11.4 Å². The van der Waals surface area contributed by atoms with E-state index in [0.717, 1.165) is 0 Å². The number of amides is 1. The number of carbonyl (C=O) groups excluding carboxylic acids is 2. The Balaban J connectivity index is 2.36. The molecule has 20 heavy (non-hydrogen) atoms. The first-order valence-corrected chi connectivity index (χ1v) is 5.80. The van der Waals surface area contributed by atoms with E-state index in [1.54, 1.807) is 31.2 Å². The van der Waals surface area contributed by atoms with Crippen LogP contribution >= 0.6 is 0 Å². The SMILES string of the molecule is COC(=O)c1ccccc1N(C)C(=O)c1noc(C)n1. The lowest BCUT2D eigenvalue weighted by molar-refractivity contribution is 0.0601. The van der Waals surface area contributed by atoms with Gasteiger partial charge in [0.1, 0.15) is 0 Å². The van der Waals surface area contributed by atoms with Crippen molar-refractivity contribution in [3.8, 4) is 0 Å². The molecule has 1 amide bonds. The molecule has 0 bridgehead atoms. The van der Waals surface area contributed by atoms with Crippen molar-refractivity contribution in [2.75, 3.05) is 19.1 Å². The first kappa shape index (κ1) is 13.7. The summed E-state index contributed by atoms with van der Waals surface area (Å²) in [7, 11) is 2.80. The number of carbonyl (C=O) groups is 2. The van der Waals surface area contributed by atoms with Crippen LogP contribution in [0.2, 0.25) is 0 Å². The Labute approximate surface area is 115 Å². The third kappa shape index (κ3) is 2.51. The Hall–Kier alpha value is -2.70. The van der Waals surface area contributed by atoms with Gasteiger partial charge in [-0.3, -0.25) is 4.79 Å². The summed E-state index contributed by atoms with van der Waals surface area (Å²) in [5.74, 6) is -0.768. The predicted molar refractivity (Wildman–Crippen MR) is 69.6 cm³/mol. The standard InChI is InChI=1S/C13H13N3O4/c1-8-14-11(15-20-8)12(17)16(2)10-7-5-4-6-9(10)13(18)19-3/h4-7H,1-3H3. The van der Waals surface area contributed by atoms with Crippen LogP contribution in [0.3, 0.4) is 0 Å². The number of anilines is 1. The monoisotopic (exact) mass is 275 g/mol. The lowest BCUT2D eigenvalue weighted by Gasteiger charge is -2.17. The second-order valence-electron chi connectivity index (χ2n) is 4.01. The summed E-state index contributed by atoms with van der Waals surface area (Å²) in [5.41, 5.74) is 0.692. The third-order valence-corrected chi connectivity index (χ3v) is 2.69. The highest BCUT2D eigenvalue weighted by Gasteiger charge is 2.23. The highest BCUT2D eigenvalue weighted by molar-refractivity contribution is 6.07. The highest BCUT2D eigenvalue weighted by Crippen LogP contribution is 2.21. The van der Waals surface area contributed by atoms with Crippen molar-refractivity contribution in [2.45, 2.75) is 6.92 Å². The molecule has 0 fully saturated rings. The van der Waals surface area contributed by atoms with E-state index in [1.807, 2.05) is 0 Å². The lowest BCUT2D eigenvalue weighted by atomic mass is 10.1. The smallest absolute Gasteiger partial charge is 0.339 e. The number of hydrogen-bond acceptors (Lipinski definition) is 6. The van der Waals surface area contributed by atoms with Crippen molar-refractivity contribution in [1.29, 1.82) is 0 Å². The van der Waals surface area contributed by atoms with Crippen molar-refractivity contribution in [1.82, 2.24) is 10.1 Å². The van der Waals surface area contributed by atoms with Crippen LogP contribution in [0.1, 0.15) is 26.9 Å². The summed E-state index contributed by atoms with van der Waals surface area (Å²) < 4.78 is 9.46. The molecule has 2 rings (SSSR count). The van der Waals surface area contributed by atoms with E-state index in [9.17, 15) is 9.59 Å². The van der Waals surface area contributed by atoms with Crippen LogP contribution in [-0.2, 0) is 4.74 Å². The van der Waals surface area contributed by atoms with Gasteiger partial charge in [-0.1, -0.05) is 17.3 Å². The van der Waals surface area contributed by atoms with E-state index < -0.39 is 11.9 Å². The van der Waals surface area contributed by atoms with E-state index >= 15 is 0 Å². The Bertz CT molecular complexity index is 651. The van der Waals surface area contributed by atoms with Gasteiger partial charge in [-0.15, -0.1) is 0 Å². The average molecular weight is 275 g/mol. The third-order valence-electron chi connectivity index (χ3n) is 2.69. The summed E-state index contributed by atoms with van der Waals surface area (Å²) in [6.07, 6.45) is 0. The van der Waals surface area contributed by atoms with Crippen LogP contribution in [0.4, 0.5) is 5.69 Å². The fourth-order valence-corrected chi connectivity index (χ4v) is 1.69. The molecule has 7 heteroatoms. The van der Waals surface area contributed by atoms with Gasteiger partial charge in [0, 0.05) is 14.0 Å². The van der Waals surface area contributed by atoms with Crippen LogP contribution in [0, 0.1) is 6.92 Å². The molecule has 0 spiro atoms. The van der Waals surface area contributed by atoms with Gasteiger partial charge in [0.25, 0.3) is 11.7 Å². The number of ether oxygens (including phenoxy) is 1. The van der Waals surface area contributed by atoms with Crippen LogP contribution in [0.15, 0.2) is 28.8 Å². The van der Waals surface area contributed by atoms with Gasteiger partial charge < -0.3 is 14.2 Å². The number of rotatable bonds is 3. The first-order chi connectivity index (χ1) is 9.54. The van der Waals surface area contributed by atoms with Crippen molar-refractivity contribution in [3.63, 3.8) is 0 Å². The van der Waals surface area contributed by atoms with Crippen LogP contribution in [0.25, 0.3) is 0 Å². The zero-order valence-electron chi connectivity index (χ0n) is 11.3. The molecule has 1 aromatic carbocycles. The Morgan fingerprint density at radius 3 is 2.60 bits per heavy atom. The topological polar surface area (TPSA) is 85.5 Å². The minimum absolute atomic E-state index is 0.0651. The molecule has 0 unspecified atom stereocenters. The number of aromatic nitrogens is 2. The zero-order valence-corrected chi connectivity index (χ0v) is 11.3. The van der Waals surface area contributed by atoms with Gasteiger partial charge in [0.05, 0.1) is 18.4 Å². The summed E-state index contributed by atoms with van der Waals surface area (Å²) in [5, 5.41) is 3.56. The molecule has 0 aliphatic rings. The van der Waals surface area contributed by atoms with E-state index in [4.69, 9.17) is 4.52 Å². The van der Waals surface area contributed by atoms with Crippen molar-refractivity contribution >= 4 is 17.6 Å². The minimum atomic E-state index is -0.524. The van der Waals surface area contributed by atoms with Crippen molar-refractivity contribution in [3.05, 3.63) is 41.5 Å². The number of methoxy groups -OCH3 is 1. The molecule has 0 atom stereocenters. The molecule has 104 valence electrons. The molecule has 0 radical (unpaired) electrons. The summed E-state index contributed by atoms with van der Waals surface area (Å²) in [4.78, 5) is 29.0. The minimum Gasteiger partial charge on any atom is -0.465 e. The largest absolute Gasteiger partial charge is 0.465 e. The number of benzene rings is 1. The molecule has 0 saturated carbocycles. The van der Waals surface area contributed by atoms with Crippen molar-refractivity contribution < 1.29 is 18.8 Å². The molecule has 0 saturated heterocycles. The van der Waals surface area contributed by atoms with E-state index in [0.29, 0.717) is 11.6 Å². The highest BCUT2D eigenvalue weighted by atomic mass is 16.5. The normalized spacial score (nSPS) is 10.2. The number of para-hydroxylation sites is 1. The molecule has 1 aromatic heterocycles. The van der Waals surface area contributed by atoms with Gasteiger partial charge in [-0.05, 0) is 12.1 Å². The molecular weight excluding hydrogens is 262 g/mol. The molecule has 7 nitrogen and oxygen atoms in total.